The molecule has 206 valence electrons. The summed E-state index contributed by atoms with van der Waals surface area (Å²) >= 11 is 0. The number of nitrogens with zero attached hydrogens (tertiary/aromatic N) is 3. The van der Waals surface area contributed by atoms with Crippen LogP contribution in [0.5, 0.6) is 0 Å². The number of nitriles is 1. The Hall–Kier alpha value is -5.14. The quantitative estimate of drug-likeness (QED) is 0.138. The molecule has 0 radical (unpaired) electrons. The summed E-state index contributed by atoms with van der Waals surface area (Å²) < 4.78 is 40.4. The van der Waals surface area contributed by atoms with Crippen molar-refractivity contribution in [3.8, 4) is 6.07 Å². The lowest BCUT2D eigenvalue weighted by Crippen LogP contribution is -2.12. The zero-order chi connectivity index (χ0) is 29.1. The van der Waals surface area contributed by atoms with Crippen molar-refractivity contribution in [3.05, 3.63) is 102 Å². The molecule has 0 atom stereocenters. The molecule has 41 heavy (non-hydrogen) atoms. The second-order valence-electron chi connectivity index (χ2n) is 8.88. The van der Waals surface area contributed by atoms with Crippen LogP contribution in [0.25, 0.3) is 33.0 Å². The van der Waals surface area contributed by atoms with Gasteiger partial charge >= 0.3 is 12.1 Å². The van der Waals surface area contributed by atoms with E-state index in [0.29, 0.717) is 27.4 Å². The molecule has 0 saturated carbocycles. The minimum atomic E-state index is -4.07. The second-order valence-corrected chi connectivity index (χ2v) is 10.7. The van der Waals surface area contributed by atoms with Crippen molar-refractivity contribution in [1.29, 1.82) is 5.26 Å². The maximum Gasteiger partial charge on any atom is 0.418 e. The topological polar surface area (TPSA) is 120 Å². The van der Waals surface area contributed by atoms with E-state index in [-0.39, 0.29) is 34.8 Å². The highest BCUT2D eigenvalue weighted by molar-refractivity contribution is 7.90. The van der Waals surface area contributed by atoms with Crippen molar-refractivity contribution in [3.63, 3.8) is 0 Å². The smallest absolute Gasteiger partial charge is 0.418 e. The van der Waals surface area contributed by atoms with E-state index in [1.54, 1.807) is 80.6 Å². The van der Waals surface area contributed by atoms with Crippen LogP contribution in [0.1, 0.15) is 25.0 Å². The monoisotopic (exact) mass is 567 g/mol. The summed E-state index contributed by atoms with van der Waals surface area (Å²) in [7, 11) is -4.07. The fourth-order valence-corrected chi connectivity index (χ4v) is 6.17. The summed E-state index contributed by atoms with van der Waals surface area (Å²) in [5, 5.41) is 11.4. The number of esters is 1. The van der Waals surface area contributed by atoms with Crippen molar-refractivity contribution in [2.45, 2.75) is 18.7 Å². The van der Waals surface area contributed by atoms with E-state index >= 15 is 0 Å². The minimum Gasteiger partial charge on any atom is -0.462 e. The highest BCUT2D eigenvalue weighted by Crippen LogP contribution is 2.37. The van der Waals surface area contributed by atoms with Crippen LogP contribution in [0.3, 0.4) is 0 Å². The number of carbonyl (C=O) groups excluding carboxylic acids is 2. The largest absolute Gasteiger partial charge is 0.462 e. The Balaban J connectivity index is 1.86. The summed E-state index contributed by atoms with van der Waals surface area (Å²) in [6.07, 6.45) is 2.14. The highest BCUT2D eigenvalue weighted by atomic mass is 32.2. The molecule has 0 N–H and O–H groups in total. The number of benzene rings is 3. The van der Waals surface area contributed by atoms with Gasteiger partial charge in [-0.3, -0.25) is 4.57 Å². The predicted octanol–water partition coefficient (Wildman–Crippen LogP) is 5.84. The van der Waals surface area contributed by atoms with Gasteiger partial charge in [0.1, 0.15) is 6.07 Å². The molecule has 5 aromatic rings. The van der Waals surface area contributed by atoms with Crippen LogP contribution in [0.2, 0.25) is 0 Å². The van der Waals surface area contributed by atoms with Crippen LogP contribution in [0.15, 0.2) is 96.2 Å². The van der Waals surface area contributed by atoms with E-state index in [1.807, 2.05) is 0 Å². The van der Waals surface area contributed by atoms with Crippen LogP contribution in [0.4, 0.5) is 4.79 Å². The lowest BCUT2D eigenvalue weighted by atomic mass is 9.94. The molecule has 2 heterocycles. The average Bonchev–Trinajstić information content (AvgIpc) is 3.56. The van der Waals surface area contributed by atoms with Crippen molar-refractivity contribution in [2.75, 3.05) is 13.2 Å². The Bertz CT molecular complexity index is 1980. The minimum absolute atomic E-state index is 0.0204. The first-order valence-corrected chi connectivity index (χ1v) is 14.3. The number of hydrogen-bond acceptors (Lipinski definition) is 7. The number of carbonyl (C=O) groups is 2. The molecule has 5 rings (SSSR count). The Morgan fingerprint density at radius 2 is 1.37 bits per heavy atom. The fraction of sp³-hybridized carbons (Fsp3) is 0.129. The fourth-order valence-electron chi connectivity index (χ4n) is 4.78. The van der Waals surface area contributed by atoms with Gasteiger partial charge in [0, 0.05) is 34.3 Å². The molecule has 0 unspecified atom stereocenters. The molecule has 0 bridgehead atoms. The zero-order valence-corrected chi connectivity index (χ0v) is 23.1. The van der Waals surface area contributed by atoms with Gasteiger partial charge in [0.05, 0.1) is 40.3 Å². The molecule has 3 aromatic carbocycles. The van der Waals surface area contributed by atoms with Gasteiger partial charge in [-0.05, 0) is 38.1 Å². The standard InChI is InChI=1S/C31H25N3O6S/c1-3-39-30(35)29(24(18-32)25-19-33(31(36)40-4-2)27-16-10-8-14-22(25)27)26-20-34(28-17-11-9-15-23(26)28)41(37,38)21-12-6-5-7-13-21/h5-17,19-20H,3-4H2,1-2H3/b29-24-. The van der Waals surface area contributed by atoms with Gasteiger partial charge in [-0.25, -0.2) is 22.0 Å². The van der Waals surface area contributed by atoms with Crippen molar-refractivity contribution in [2.24, 2.45) is 0 Å². The predicted molar refractivity (Wildman–Crippen MR) is 154 cm³/mol. The Kier molecular flexibility index (Phi) is 7.46. The molecule has 2 aromatic heterocycles. The number of aromatic nitrogens is 2. The number of rotatable bonds is 7. The Morgan fingerprint density at radius 1 is 0.780 bits per heavy atom. The molecule has 0 saturated heterocycles. The normalized spacial score (nSPS) is 12.1. The average molecular weight is 568 g/mol. The third kappa shape index (κ3) is 4.77. The van der Waals surface area contributed by atoms with Crippen molar-refractivity contribution in [1.82, 2.24) is 8.54 Å². The van der Waals surface area contributed by atoms with Crippen LogP contribution >= 0.6 is 0 Å². The molecule has 9 nitrogen and oxygen atoms in total. The van der Waals surface area contributed by atoms with E-state index < -0.39 is 22.1 Å². The molecule has 0 aliphatic rings. The second kappa shape index (κ2) is 11.2. The maximum atomic E-state index is 13.7. The van der Waals surface area contributed by atoms with Crippen LogP contribution in [-0.2, 0) is 24.3 Å². The molecular formula is C31H25N3O6S. The lowest BCUT2D eigenvalue weighted by molar-refractivity contribution is -0.136. The van der Waals surface area contributed by atoms with Gasteiger partial charge in [-0.1, -0.05) is 54.6 Å². The summed E-state index contributed by atoms with van der Waals surface area (Å²) in [5.41, 5.74) is 1.08. The van der Waals surface area contributed by atoms with Crippen molar-refractivity contribution < 1.29 is 27.5 Å². The first kappa shape index (κ1) is 27.4. The first-order chi connectivity index (χ1) is 19.8. The molecule has 0 aliphatic heterocycles. The molecule has 0 spiro atoms. The number of allylic oxidation sites excluding steroid dienone is 1. The van der Waals surface area contributed by atoms with Gasteiger partial charge in [-0.2, -0.15) is 5.26 Å². The third-order valence-corrected chi connectivity index (χ3v) is 8.22. The molecule has 0 aliphatic carbocycles. The Labute approximate surface area is 236 Å². The molecular weight excluding hydrogens is 542 g/mol. The molecule has 10 heteroatoms. The third-order valence-electron chi connectivity index (χ3n) is 6.53. The van der Waals surface area contributed by atoms with Gasteiger partial charge in [-0.15, -0.1) is 0 Å². The molecule has 0 amide bonds. The van der Waals surface area contributed by atoms with E-state index in [4.69, 9.17) is 9.47 Å². The number of fused-ring (bicyclic) bond motifs is 2. The summed E-state index contributed by atoms with van der Waals surface area (Å²) in [6.45, 7) is 3.48. The van der Waals surface area contributed by atoms with Gasteiger partial charge in [0.15, 0.2) is 0 Å². The van der Waals surface area contributed by atoms with E-state index in [2.05, 4.69) is 6.07 Å². The number of para-hydroxylation sites is 2. The van der Waals surface area contributed by atoms with Gasteiger partial charge in [0.2, 0.25) is 0 Å². The summed E-state index contributed by atoms with van der Waals surface area (Å²) in [4.78, 5) is 26.4. The van der Waals surface area contributed by atoms with Crippen molar-refractivity contribution >= 4 is 55.0 Å². The van der Waals surface area contributed by atoms with Crippen LogP contribution in [0, 0.1) is 11.3 Å². The number of hydrogen-bond donors (Lipinski definition) is 0. The van der Waals surface area contributed by atoms with E-state index in [1.165, 1.54) is 29.1 Å². The SMILES string of the molecule is CCOC(=O)/C(=C(/C#N)c1cn(C(=O)OCC)c2ccccc12)c1cn(S(=O)(=O)c2ccccc2)c2ccccc12. The Morgan fingerprint density at radius 3 is 2.00 bits per heavy atom. The van der Waals surface area contributed by atoms with Crippen LogP contribution in [-0.4, -0.2) is 42.2 Å². The maximum absolute atomic E-state index is 13.7. The lowest BCUT2D eigenvalue weighted by Gasteiger charge is -2.10. The zero-order valence-electron chi connectivity index (χ0n) is 22.3. The molecule has 0 fully saturated rings. The highest BCUT2D eigenvalue weighted by Gasteiger charge is 2.29. The summed E-state index contributed by atoms with van der Waals surface area (Å²) in [5.74, 6) is -0.808. The van der Waals surface area contributed by atoms with E-state index in [9.17, 15) is 23.3 Å². The number of ether oxygens (including phenoxy) is 2. The summed E-state index contributed by atoms with van der Waals surface area (Å²) in [6, 6.07) is 23.7. The first-order valence-electron chi connectivity index (χ1n) is 12.8. The van der Waals surface area contributed by atoms with E-state index in [0.717, 1.165) is 3.97 Å². The van der Waals surface area contributed by atoms with Crippen LogP contribution < -0.4 is 0 Å². The van der Waals surface area contributed by atoms with Gasteiger partial charge in [0.25, 0.3) is 10.0 Å². The van der Waals surface area contributed by atoms with Gasteiger partial charge < -0.3 is 9.47 Å².